The van der Waals surface area contributed by atoms with Crippen molar-refractivity contribution in [1.29, 1.82) is 0 Å². The van der Waals surface area contributed by atoms with Crippen LogP contribution in [-0.4, -0.2) is 49.9 Å². The lowest BCUT2D eigenvalue weighted by Gasteiger charge is -2.31. The molecule has 1 fully saturated rings. The van der Waals surface area contributed by atoms with Crippen LogP contribution in [0.1, 0.15) is 47.6 Å². The van der Waals surface area contributed by atoms with Gasteiger partial charge in [0.15, 0.2) is 0 Å². The summed E-state index contributed by atoms with van der Waals surface area (Å²) in [7, 11) is 2.14. The predicted octanol–water partition coefficient (Wildman–Crippen LogP) is 3.58. The van der Waals surface area contributed by atoms with Gasteiger partial charge in [0, 0.05) is 31.5 Å². The molecule has 32 heavy (non-hydrogen) atoms. The summed E-state index contributed by atoms with van der Waals surface area (Å²) < 4.78 is 0. The van der Waals surface area contributed by atoms with E-state index >= 15 is 0 Å². The summed E-state index contributed by atoms with van der Waals surface area (Å²) in [6, 6.07) is 12.6. The van der Waals surface area contributed by atoms with E-state index in [4.69, 9.17) is 0 Å². The van der Waals surface area contributed by atoms with Gasteiger partial charge in [0.2, 0.25) is 0 Å². The molecular weight excluding hydrogens is 400 g/mol. The van der Waals surface area contributed by atoms with Crippen molar-refractivity contribution in [2.75, 3.05) is 43.4 Å². The van der Waals surface area contributed by atoms with Crippen molar-refractivity contribution in [1.82, 2.24) is 10.2 Å². The summed E-state index contributed by atoms with van der Waals surface area (Å²) in [6.45, 7) is 7.44. The van der Waals surface area contributed by atoms with Gasteiger partial charge in [-0.15, -0.1) is 0 Å². The first-order valence-electron chi connectivity index (χ1n) is 11.7. The molecule has 1 saturated heterocycles. The van der Waals surface area contributed by atoms with E-state index in [1.54, 1.807) is 0 Å². The van der Waals surface area contributed by atoms with Crippen LogP contribution in [0.5, 0.6) is 0 Å². The molecular formula is C26H34N4O2. The Labute approximate surface area is 191 Å². The zero-order chi connectivity index (χ0) is 22.7. The van der Waals surface area contributed by atoms with Crippen LogP contribution in [-0.2, 0) is 16.0 Å². The zero-order valence-electron chi connectivity index (χ0n) is 19.4. The van der Waals surface area contributed by atoms with Crippen molar-refractivity contribution in [2.45, 2.75) is 45.6 Å². The summed E-state index contributed by atoms with van der Waals surface area (Å²) >= 11 is 0. The van der Waals surface area contributed by atoms with E-state index in [9.17, 15) is 9.59 Å². The number of carbonyl (C=O) groups is 2. The molecule has 6 heteroatoms. The molecule has 6 nitrogen and oxygen atoms in total. The van der Waals surface area contributed by atoms with Crippen LogP contribution in [0.15, 0.2) is 36.4 Å². The Bertz CT molecular complexity index is 997. The number of hydrogen-bond acceptors (Lipinski definition) is 4. The van der Waals surface area contributed by atoms with Gasteiger partial charge in [-0.1, -0.05) is 24.3 Å². The molecule has 170 valence electrons. The second kappa shape index (κ2) is 9.74. The molecule has 2 aliphatic heterocycles. The lowest BCUT2D eigenvalue weighted by atomic mass is 9.96. The van der Waals surface area contributed by atoms with Gasteiger partial charge in [-0.2, -0.15) is 0 Å². The highest BCUT2D eigenvalue weighted by Crippen LogP contribution is 2.31. The Morgan fingerprint density at radius 3 is 2.53 bits per heavy atom. The van der Waals surface area contributed by atoms with Gasteiger partial charge in [-0.05, 0) is 87.0 Å². The number of likely N-dealkylation sites (tertiary alicyclic amines) is 1. The zero-order valence-corrected chi connectivity index (χ0v) is 19.4. The first kappa shape index (κ1) is 22.3. The van der Waals surface area contributed by atoms with E-state index in [1.165, 1.54) is 29.7 Å². The maximum atomic E-state index is 12.6. The van der Waals surface area contributed by atoms with E-state index in [2.05, 4.69) is 45.7 Å². The Kier molecular flexibility index (Phi) is 6.80. The van der Waals surface area contributed by atoms with Crippen LogP contribution in [0.2, 0.25) is 0 Å². The van der Waals surface area contributed by atoms with Crippen molar-refractivity contribution >= 4 is 23.2 Å². The number of carbonyl (C=O) groups excluding carboxylic acids is 2. The molecule has 0 bridgehead atoms. The summed E-state index contributed by atoms with van der Waals surface area (Å²) in [5.74, 6) is -1.21. The van der Waals surface area contributed by atoms with Crippen LogP contribution >= 0.6 is 0 Å². The molecule has 4 rings (SSSR count). The van der Waals surface area contributed by atoms with Crippen LogP contribution in [0, 0.1) is 13.8 Å². The summed E-state index contributed by atoms with van der Waals surface area (Å²) in [5.41, 5.74) is 6.55. The fourth-order valence-electron chi connectivity index (χ4n) is 4.84. The highest BCUT2D eigenvalue weighted by Gasteiger charge is 2.26. The lowest BCUT2D eigenvalue weighted by molar-refractivity contribution is -0.136. The number of rotatable bonds is 5. The Morgan fingerprint density at radius 2 is 1.75 bits per heavy atom. The molecule has 1 atom stereocenters. The average molecular weight is 435 g/mol. The van der Waals surface area contributed by atoms with Crippen LogP contribution < -0.4 is 15.5 Å². The molecule has 2 amide bonds. The molecule has 2 aromatic rings. The third kappa shape index (κ3) is 4.96. The van der Waals surface area contributed by atoms with Crippen molar-refractivity contribution in [3.8, 4) is 0 Å². The molecule has 0 spiro atoms. The quantitative estimate of drug-likeness (QED) is 0.706. The van der Waals surface area contributed by atoms with Crippen molar-refractivity contribution < 1.29 is 9.59 Å². The monoisotopic (exact) mass is 434 g/mol. The third-order valence-electron chi connectivity index (χ3n) is 6.72. The number of hydrogen-bond donors (Lipinski definition) is 2. The van der Waals surface area contributed by atoms with Crippen molar-refractivity contribution in [2.24, 2.45) is 0 Å². The fourth-order valence-corrected chi connectivity index (χ4v) is 4.84. The largest absolute Gasteiger partial charge is 0.374 e. The highest BCUT2D eigenvalue weighted by molar-refractivity contribution is 6.39. The van der Waals surface area contributed by atoms with E-state index < -0.39 is 11.8 Å². The summed E-state index contributed by atoms with van der Waals surface area (Å²) in [6.07, 6.45) is 4.60. The molecule has 0 radical (unpaired) electrons. The molecule has 2 aromatic carbocycles. The third-order valence-corrected chi connectivity index (χ3v) is 6.72. The molecule has 0 aliphatic carbocycles. The minimum absolute atomic E-state index is 0.0764. The molecule has 1 unspecified atom stereocenters. The standard InChI is InChI=1S/C26H34N4O2/c1-18-8-9-19(2)22(15-18)28-26(32)25(31)27-17-24(30-13-4-5-14-30)21-10-11-23-20(16-21)7-6-12-29(23)3/h8-11,15-16,24H,4-7,12-14,17H2,1-3H3,(H,27,31)(H,28,32). The van der Waals surface area contributed by atoms with Gasteiger partial charge in [-0.3, -0.25) is 14.5 Å². The average Bonchev–Trinajstić information content (AvgIpc) is 3.31. The Balaban J connectivity index is 1.46. The molecule has 2 heterocycles. The van der Waals surface area contributed by atoms with Gasteiger partial charge in [0.25, 0.3) is 0 Å². The van der Waals surface area contributed by atoms with Crippen molar-refractivity contribution in [3.63, 3.8) is 0 Å². The lowest BCUT2D eigenvalue weighted by Crippen LogP contribution is -2.41. The number of anilines is 2. The number of amides is 2. The van der Waals surface area contributed by atoms with Crippen LogP contribution in [0.25, 0.3) is 0 Å². The van der Waals surface area contributed by atoms with Crippen molar-refractivity contribution in [3.05, 3.63) is 58.7 Å². The second-order valence-corrected chi connectivity index (χ2v) is 9.15. The Hall–Kier alpha value is -2.86. The molecule has 2 N–H and O–H groups in total. The van der Waals surface area contributed by atoms with E-state index in [0.29, 0.717) is 12.2 Å². The first-order chi connectivity index (χ1) is 15.4. The number of aryl methyl sites for hydroxylation is 3. The van der Waals surface area contributed by atoms with Gasteiger partial charge in [0.1, 0.15) is 0 Å². The molecule has 0 saturated carbocycles. The maximum absolute atomic E-state index is 12.6. The van der Waals surface area contributed by atoms with Gasteiger partial charge < -0.3 is 15.5 Å². The summed E-state index contributed by atoms with van der Waals surface area (Å²) in [4.78, 5) is 29.9. The van der Waals surface area contributed by atoms with Gasteiger partial charge in [-0.25, -0.2) is 0 Å². The van der Waals surface area contributed by atoms with E-state index in [0.717, 1.165) is 43.6 Å². The normalized spacial score (nSPS) is 17.0. The fraction of sp³-hybridized carbons (Fsp3) is 0.462. The molecule has 0 aromatic heterocycles. The SMILES string of the molecule is Cc1ccc(C)c(NC(=O)C(=O)NCC(c2ccc3c(c2)CCCN3C)N2CCCC2)c1. The number of nitrogens with one attached hydrogen (secondary N) is 2. The van der Waals surface area contributed by atoms with Crippen LogP contribution in [0.4, 0.5) is 11.4 Å². The van der Waals surface area contributed by atoms with Gasteiger partial charge >= 0.3 is 11.8 Å². The van der Waals surface area contributed by atoms with E-state index in [-0.39, 0.29) is 6.04 Å². The summed E-state index contributed by atoms with van der Waals surface area (Å²) in [5, 5.41) is 5.66. The topological polar surface area (TPSA) is 64.7 Å². The number of fused-ring (bicyclic) bond motifs is 1. The van der Waals surface area contributed by atoms with Gasteiger partial charge in [0.05, 0.1) is 6.04 Å². The second-order valence-electron chi connectivity index (χ2n) is 9.15. The molecule has 2 aliphatic rings. The van der Waals surface area contributed by atoms with E-state index in [1.807, 2.05) is 32.0 Å². The maximum Gasteiger partial charge on any atom is 0.313 e. The minimum atomic E-state index is -0.620. The van der Waals surface area contributed by atoms with Crippen LogP contribution in [0.3, 0.4) is 0 Å². The Morgan fingerprint density at radius 1 is 0.969 bits per heavy atom. The number of benzene rings is 2. The predicted molar refractivity (Wildman–Crippen MR) is 129 cm³/mol. The minimum Gasteiger partial charge on any atom is -0.374 e. The smallest absolute Gasteiger partial charge is 0.313 e. The highest BCUT2D eigenvalue weighted by atomic mass is 16.2. The number of nitrogens with zero attached hydrogens (tertiary/aromatic N) is 2. The first-order valence-corrected chi connectivity index (χ1v) is 11.7.